The number of carboxylic acid groups (broad SMARTS) is 1. The lowest BCUT2D eigenvalue weighted by molar-refractivity contribution is -0.136. The lowest BCUT2D eigenvalue weighted by atomic mass is 10.0. The first-order chi connectivity index (χ1) is 11.6. The molecule has 8 heteroatoms. The molecule has 0 saturated carbocycles. The first-order valence-electron chi connectivity index (χ1n) is 7.75. The molecule has 0 bridgehead atoms. The molecule has 1 aliphatic rings. The van der Waals surface area contributed by atoms with Gasteiger partial charge in [0.25, 0.3) is 0 Å². The standard InChI is InChI=1S/C16H21N3O5/c20-14(13-10-17-8-9-19(13)16(22)23)6-7-15(21)18-24-11-12-4-2-1-3-5-12/h1-5,13,17H,6-11H2,(H,18,21)(H,22,23). The number of nitrogens with zero attached hydrogens (tertiary/aromatic N) is 1. The summed E-state index contributed by atoms with van der Waals surface area (Å²) < 4.78 is 0. The average molecular weight is 335 g/mol. The Bertz CT molecular complexity index is 578. The van der Waals surface area contributed by atoms with Gasteiger partial charge in [-0.1, -0.05) is 30.3 Å². The molecule has 1 heterocycles. The van der Waals surface area contributed by atoms with Crippen molar-refractivity contribution in [1.29, 1.82) is 0 Å². The minimum absolute atomic E-state index is 0.0311. The van der Waals surface area contributed by atoms with E-state index >= 15 is 0 Å². The fourth-order valence-corrected chi connectivity index (χ4v) is 2.45. The Labute approximate surface area is 139 Å². The third-order valence-electron chi connectivity index (χ3n) is 3.73. The van der Waals surface area contributed by atoms with Gasteiger partial charge in [0, 0.05) is 32.5 Å². The van der Waals surface area contributed by atoms with Crippen LogP contribution in [0.3, 0.4) is 0 Å². The highest BCUT2D eigenvalue weighted by Crippen LogP contribution is 2.08. The number of Topliss-reactive ketones (excluding diaryl/α,β-unsaturated/α-hetero) is 1. The maximum absolute atomic E-state index is 12.1. The monoisotopic (exact) mass is 335 g/mol. The van der Waals surface area contributed by atoms with Gasteiger partial charge in [0.1, 0.15) is 6.04 Å². The summed E-state index contributed by atoms with van der Waals surface area (Å²) in [5.41, 5.74) is 3.20. The van der Waals surface area contributed by atoms with E-state index in [1.54, 1.807) is 0 Å². The van der Waals surface area contributed by atoms with Crippen LogP contribution in [0.1, 0.15) is 18.4 Å². The van der Waals surface area contributed by atoms with Crippen LogP contribution >= 0.6 is 0 Å². The number of carbonyl (C=O) groups is 3. The Balaban J connectivity index is 1.70. The summed E-state index contributed by atoms with van der Waals surface area (Å²) in [6.07, 6.45) is -1.20. The van der Waals surface area contributed by atoms with E-state index in [0.717, 1.165) is 10.5 Å². The van der Waals surface area contributed by atoms with Crippen molar-refractivity contribution in [3.05, 3.63) is 35.9 Å². The van der Waals surface area contributed by atoms with Gasteiger partial charge in [-0.2, -0.15) is 0 Å². The molecule has 2 amide bonds. The second kappa shape index (κ2) is 8.99. The number of piperazine rings is 1. The summed E-state index contributed by atoms with van der Waals surface area (Å²) in [5.74, 6) is -0.687. The van der Waals surface area contributed by atoms with Crippen LogP contribution in [0.5, 0.6) is 0 Å². The zero-order valence-electron chi connectivity index (χ0n) is 13.2. The molecule has 1 saturated heterocycles. The number of rotatable bonds is 7. The first-order valence-corrected chi connectivity index (χ1v) is 7.75. The van der Waals surface area contributed by atoms with Gasteiger partial charge < -0.3 is 10.4 Å². The second-order valence-electron chi connectivity index (χ2n) is 5.46. The highest BCUT2D eigenvalue weighted by atomic mass is 16.6. The number of hydrogen-bond acceptors (Lipinski definition) is 5. The van der Waals surface area contributed by atoms with E-state index < -0.39 is 18.0 Å². The smallest absolute Gasteiger partial charge is 0.408 e. The van der Waals surface area contributed by atoms with Gasteiger partial charge in [-0.3, -0.25) is 19.3 Å². The highest BCUT2D eigenvalue weighted by molar-refractivity contribution is 5.90. The van der Waals surface area contributed by atoms with E-state index in [9.17, 15) is 14.4 Å². The van der Waals surface area contributed by atoms with Crippen molar-refractivity contribution in [3.63, 3.8) is 0 Å². The third kappa shape index (κ3) is 5.32. The molecule has 0 aliphatic carbocycles. The number of nitrogens with one attached hydrogen (secondary N) is 2. The summed E-state index contributed by atoms with van der Waals surface area (Å²) in [6.45, 7) is 1.29. The molecule has 8 nitrogen and oxygen atoms in total. The SMILES string of the molecule is O=C(CCC(=O)C1CNCCN1C(=O)O)NOCc1ccccc1. The minimum Gasteiger partial charge on any atom is -0.465 e. The molecule has 1 aromatic rings. The summed E-state index contributed by atoms with van der Waals surface area (Å²) >= 11 is 0. The summed E-state index contributed by atoms with van der Waals surface area (Å²) in [5, 5.41) is 12.1. The van der Waals surface area contributed by atoms with Crippen LogP contribution in [0.15, 0.2) is 30.3 Å². The molecule has 1 unspecified atom stereocenters. The van der Waals surface area contributed by atoms with Crippen LogP contribution in [-0.4, -0.2) is 53.5 Å². The molecule has 1 atom stereocenters. The molecule has 130 valence electrons. The molecule has 24 heavy (non-hydrogen) atoms. The number of carbonyl (C=O) groups excluding carboxylic acids is 2. The van der Waals surface area contributed by atoms with Crippen molar-refractivity contribution in [1.82, 2.24) is 15.7 Å². The molecular formula is C16H21N3O5. The van der Waals surface area contributed by atoms with E-state index in [1.165, 1.54) is 0 Å². The van der Waals surface area contributed by atoms with Gasteiger partial charge in [-0.15, -0.1) is 0 Å². The number of hydroxylamine groups is 1. The van der Waals surface area contributed by atoms with Crippen LogP contribution in [0.2, 0.25) is 0 Å². The molecule has 0 radical (unpaired) electrons. The number of ketones is 1. The Morgan fingerprint density at radius 3 is 2.71 bits per heavy atom. The summed E-state index contributed by atoms with van der Waals surface area (Å²) in [6, 6.07) is 8.61. The third-order valence-corrected chi connectivity index (χ3v) is 3.73. The Kier molecular flexibility index (Phi) is 6.71. The molecule has 1 aliphatic heterocycles. The maximum Gasteiger partial charge on any atom is 0.408 e. The largest absolute Gasteiger partial charge is 0.465 e. The van der Waals surface area contributed by atoms with Crippen molar-refractivity contribution in [2.45, 2.75) is 25.5 Å². The second-order valence-corrected chi connectivity index (χ2v) is 5.46. The van der Waals surface area contributed by atoms with E-state index in [0.29, 0.717) is 6.54 Å². The van der Waals surface area contributed by atoms with Crippen LogP contribution in [-0.2, 0) is 21.0 Å². The van der Waals surface area contributed by atoms with Crippen LogP contribution in [0.4, 0.5) is 4.79 Å². The quantitative estimate of drug-likeness (QED) is 0.628. The first kappa shape index (κ1) is 17.9. The minimum atomic E-state index is -1.12. The van der Waals surface area contributed by atoms with Crippen LogP contribution in [0.25, 0.3) is 0 Å². The van der Waals surface area contributed by atoms with Crippen molar-refractivity contribution in [2.75, 3.05) is 19.6 Å². The van der Waals surface area contributed by atoms with Crippen molar-refractivity contribution in [3.8, 4) is 0 Å². The van der Waals surface area contributed by atoms with E-state index in [4.69, 9.17) is 9.94 Å². The predicted molar refractivity (Wildman–Crippen MR) is 85.0 cm³/mol. The summed E-state index contributed by atoms with van der Waals surface area (Å²) in [4.78, 5) is 41.2. The number of amides is 2. The summed E-state index contributed by atoms with van der Waals surface area (Å²) in [7, 11) is 0. The fraction of sp³-hybridized carbons (Fsp3) is 0.438. The molecule has 3 N–H and O–H groups in total. The van der Waals surface area contributed by atoms with Crippen LogP contribution in [0, 0.1) is 0 Å². The van der Waals surface area contributed by atoms with Crippen molar-refractivity contribution >= 4 is 17.8 Å². The number of benzene rings is 1. The lowest BCUT2D eigenvalue weighted by Crippen LogP contribution is -2.56. The van der Waals surface area contributed by atoms with Gasteiger partial charge in [0.05, 0.1) is 6.61 Å². The molecule has 0 aromatic heterocycles. The van der Waals surface area contributed by atoms with Crippen LogP contribution < -0.4 is 10.8 Å². The molecule has 2 rings (SSSR count). The Morgan fingerprint density at radius 2 is 2.00 bits per heavy atom. The molecular weight excluding hydrogens is 314 g/mol. The maximum atomic E-state index is 12.1. The molecule has 1 fully saturated rings. The van der Waals surface area contributed by atoms with E-state index in [-0.39, 0.29) is 38.3 Å². The lowest BCUT2D eigenvalue weighted by Gasteiger charge is -2.32. The molecule has 1 aromatic carbocycles. The van der Waals surface area contributed by atoms with Gasteiger partial charge in [0.2, 0.25) is 5.91 Å². The predicted octanol–water partition coefficient (Wildman–Crippen LogP) is 0.536. The van der Waals surface area contributed by atoms with Gasteiger partial charge in [-0.25, -0.2) is 10.3 Å². The Morgan fingerprint density at radius 1 is 1.25 bits per heavy atom. The topological polar surface area (TPSA) is 108 Å². The van der Waals surface area contributed by atoms with Crippen molar-refractivity contribution < 1.29 is 24.3 Å². The van der Waals surface area contributed by atoms with Crippen molar-refractivity contribution in [2.24, 2.45) is 0 Å². The van der Waals surface area contributed by atoms with Gasteiger partial charge >= 0.3 is 6.09 Å². The number of hydrogen-bond donors (Lipinski definition) is 3. The fourth-order valence-electron chi connectivity index (χ4n) is 2.45. The van der Waals surface area contributed by atoms with Gasteiger partial charge in [-0.05, 0) is 5.56 Å². The molecule has 0 spiro atoms. The zero-order valence-corrected chi connectivity index (χ0v) is 13.2. The van der Waals surface area contributed by atoms with E-state index in [1.807, 2.05) is 30.3 Å². The van der Waals surface area contributed by atoms with Gasteiger partial charge in [0.15, 0.2) is 5.78 Å². The highest BCUT2D eigenvalue weighted by Gasteiger charge is 2.31. The zero-order chi connectivity index (χ0) is 17.4. The van der Waals surface area contributed by atoms with E-state index in [2.05, 4.69) is 10.8 Å². The Hall–Kier alpha value is -2.45. The normalized spacial score (nSPS) is 17.3. The average Bonchev–Trinajstić information content (AvgIpc) is 2.60.